The van der Waals surface area contributed by atoms with Crippen molar-refractivity contribution in [3.05, 3.63) is 28.2 Å². The van der Waals surface area contributed by atoms with Crippen molar-refractivity contribution in [2.45, 2.75) is 39.2 Å². The van der Waals surface area contributed by atoms with Gasteiger partial charge in [0, 0.05) is 30.9 Å². The van der Waals surface area contributed by atoms with Gasteiger partial charge in [-0.1, -0.05) is 12.2 Å². The van der Waals surface area contributed by atoms with E-state index in [0.717, 1.165) is 49.5 Å². The number of thiazole rings is 1. The summed E-state index contributed by atoms with van der Waals surface area (Å²) in [6.07, 6.45) is 7.56. The summed E-state index contributed by atoms with van der Waals surface area (Å²) < 4.78 is 0. The summed E-state index contributed by atoms with van der Waals surface area (Å²) in [5, 5.41) is 3.07. The molecule has 1 aromatic heterocycles. The second-order valence-electron chi connectivity index (χ2n) is 7.26. The van der Waals surface area contributed by atoms with Crippen LogP contribution in [0, 0.1) is 18.3 Å². The highest BCUT2D eigenvalue weighted by Gasteiger charge is 2.52. The van der Waals surface area contributed by atoms with Crippen molar-refractivity contribution in [3.8, 4) is 0 Å². The van der Waals surface area contributed by atoms with E-state index in [1.807, 2.05) is 22.1 Å². The van der Waals surface area contributed by atoms with Gasteiger partial charge in [0.2, 0.25) is 11.8 Å². The topological polar surface area (TPSA) is 53.5 Å². The third-order valence-corrected chi connectivity index (χ3v) is 6.47. The average Bonchev–Trinajstić information content (AvgIpc) is 3.34. The molecule has 2 fully saturated rings. The minimum atomic E-state index is -0.341. The Hall–Kier alpha value is -1.69. The molecule has 5 nitrogen and oxygen atoms in total. The molecule has 0 aromatic carbocycles. The van der Waals surface area contributed by atoms with Gasteiger partial charge < -0.3 is 9.80 Å². The molecule has 0 N–H and O–H groups in total. The molecule has 1 spiro atoms. The molecule has 0 bridgehead atoms. The standard InChI is InChI=1S/C18H23N3O2S/c1-13-19-15(11-24-13)10-20-8-6-18(17(20)23)7-9-21(12-18)16(22)14-4-2-3-5-14/h2-3,11,14H,4-10,12H2,1H3. The summed E-state index contributed by atoms with van der Waals surface area (Å²) in [5.41, 5.74) is 0.637. The van der Waals surface area contributed by atoms with E-state index >= 15 is 0 Å². The van der Waals surface area contributed by atoms with E-state index in [1.54, 1.807) is 11.3 Å². The first-order valence-electron chi connectivity index (χ1n) is 8.72. The van der Waals surface area contributed by atoms with Gasteiger partial charge in [0.15, 0.2) is 0 Å². The Morgan fingerprint density at radius 1 is 1.33 bits per heavy atom. The first-order valence-corrected chi connectivity index (χ1v) is 9.59. The highest BCUT2D eigenvalue weighted by molar-refractivity contribution is 7.09. The van der Waals surface area contributed by atoms with Gasteiger partial charge in [-0.2, -0.15) is 0 Å². The Bertz CT molecular complexity index is 690. The van der Waals surface area contributed by atoms with E-state index in [9.17, 15) is 9.59 Å². The number of nitrogens with zero attached hydrogens (tertiary/aromatic N) is 3. The number of carbonyl (C=O) groups is 2. The lowest BCUT2D eigenvalue weighted by Crippen LogP contribution is -2.39. The molecule has 2 amide bonds. The van der Waals surface area contributed by atoms with Gasteiger partial charge in [-0.25, -0.2) is 4.98 Å². The van der Waals surface area contributed by atoms with Crippen LogP contribution in [0.2, 0.25) is 0 Å². The Balaban J connectivity index is 1.41. The Morgan fingerprint density at radius 3 is 2.79 bits per heavy atom. The number of hydrogen-bond donors (Lipinski definition) is 0. The highest BCUT2D eigenvalue weighted by atomic mass is 32.1. The Kier molecular flexibility index (Phi) is 3.95. The summed E-state index contributed by atoms with van der Waals surface area (Å²) in [5.74, 6) is 0.553. The molecule has 2 saturated heterocycles. The molecule has 1 aromatic rings. The molecule has 24 heavy (non-hydrogen) atoms. The number of carbonyl (C=O) groups excluding carboxylic acids is 2. The molecule has 0 radical (unpaired) electrons. The Morgan fingerprint density at radius 2 is 2.08 bits per heavy atom. The smallest absolute Gasteiger partial charge is 0.231 e. The second-order valence-corrected chi connectivity index (χ2v) is 8.33. The van der Waals surface area contributed by atoms with Gasteiger partial charge in [0.25, 0.3) is 0 Å². The van der Waals surface area contributed by atoms with Crippen molar-refractivity contribution in [3.63, 3.8) is 0 Å². The summed E-state index contributed by atoms with van der Waals surface area (Å²) in [4.78, 5) is 33.9. The van der Waals surface area contributed by atoms with E-state index in [1.165, 1.54) is 0 Å². The average molecular weight is 345 g/mol. The molecule has 128 valence electrons. The normalized spacial score (nSPS) is 27.1. The lowest BCUT2D eigenvalue weighted by atomic mass is 9.85. The lowest BCUT2D eigenvalue weighted by molar-refractivity contribution is -0.138. The quantitative estimate of drug-likeness (QED) is 0.790. The zero-order valence-electron chi connectivity index (χ0n) is 14.0. The number of likely N-dealkylation sites (tertiary alicyclic amines) is 2. The van der Waals surface area contributed by atoms with Crippen LogP contribution in [0.3, 0.4) is 0 Å². The summed E-state index contributed by atoms with van der Waals surface area (Å²) in [6, 6.07) is 0. The zero-order chi connectivity index (χ0) is 16.7. The molecule has 2 aliphatic heterocycles. The van der Waals surface area contributed by atoms with Gasteiger partial charge >= 0.3 is 0 Å². The fraction of sp³-hybridized carbons (Fsp3) is 0.611. The largest absolute Gasteiger partial charge is 0.341 e. The molecular weight excluding hydrogens is 322 g/mol. The first kappa shape index (κ1) is 15.8. The van der Waals surface area contributed by atoms with Crippen LogP contribution < -0.4 is 0 Å². The predicted octanol–water partition coefficient (Wildman–Crippen LogP) is 2.37. The summed E-state index contributed by atoms with van der Waals surface area (Å²) >= 11 is 1.62. The number of aromatic nitrogens is 1. The van der Waals surface area contributed by atoms with E-state index in [4.69, 9.17) is 0 Å². The lowest BCUT2D eigenvalue weighted by Gasteiger charge is -2.25. The summed E-state index contributed by atoms with van der Waals surface area (Å²) in [6.45, 7) is 4.70. The molecule has 1 unspecified atom stereocenters. The number of rotatable bonds is 3. The van der Waals surface area contributed by atoms with Crippen molar-refractivity contribution in [1.29, 1.82) is 0 Å². The predicted molar refractivity (Wildman–Crippen MR) is 92.4 cm³/mol. The molecule has 1 aliphatic carbocycles. The van der Waals surface area contributed by atoms with Crippen LogP contribution in [0.15, 0.2) is 17.5 Å². The second kappa shape index (κ2) is 5.99. The van der Waals surface area contributed by atoms with Crippen molar-refractivity contribution < 1.29 is 9.59 Å². The Labute approximate surface area is 146 Å². The fourth-order valence-electron chi connectivity index (χ4n) is 4.24. The zero-order valence-corrected chi connectivity index (χ0v) is 14.8. The maximum atomic E-state index is 13.0. The van der Waals surface area contributed by atoms with Crippen molar-refractivity contribution >= 4 is 23.2 Å². The van der Waals surface area contributed by atoms with E-state index in [2.05, 4.69) is 17.1 Å². The fourth-order valence-corrected chi connectivity index (χ4v) is 4.84. The van der Waals surface area contributed by atoms with Crippen LogP contribution in [0.1, 0.15) is 36.4 Å². The van der Waals surface area contributed by atoms with Crippen LogP contribution in [0.4, 0.5) is 0 Å². The maximum Gasteiger partial charge on any atom is 0.231 e. The SMILES string of the molecule is Cc1nc(CN2CCC3(CCN(C(=O)C4CC=CC4)C3)C2=O)cs1. The van der Waals surface area contributed by atoms with Gasteiger partial charge in [-0.3, -0.25) is 9.59 Å². The molecule has 3 aliphatic rings. The van der Waals surface area contributed by atoms with Crippen LogP contribution in [0.5, 0.6) is 0 Å². The van der Waals surface area contributed by atoms with Crippen molar-refractivity contribution in [1.82, 2.24) is 14.8 Å². The molecular formula is C18H23N3O2S. The number of amides is 2. The molecule has 0 saturated carbocycles. The first-order chi connectivity index (χ1) is 11.6. The minimum absolute atomic E-state index is 0.103. The monoisotopic (exact) mass is 345 g/mol. The van der Waals surface area contributed by atoms with Gasteiger partial charge in [0.1, 0.15) is 0 Å². The molecule has 6 heteroatoms. The third kappa shape index (κ3) is 2.66. The van der Waals surface area contributed by atoms with Gasteiger partial charge in [0.05, 0.1) is 22.7 Å². The maximum absolute atomic E-state index is 13.0. The van der Waals surface area contributed by atoms with Gasteiger partial charge in [-0.05, 0) is 32.6 Å². The van der Waals surface area contributed by atoms with E-state index in [0.29, 0.717) is 13.1 Å². The molecule has 4 rings (SSSR count). The highest BCUT2D eigenvalue weighted by Crippen LogP contribution is 2.42. The van der Waals surface area contributed by atoms with Crippen LogP contribution >= 0.6 is 11.3 Å². The van der Waals surface area contributed by atoms with E-state index < -0.39 is 0 Å². The summed E-state index contributed by atoms with van der Waals surface area (Å²) in [7, 11) is 0. The van der Waals surface area contributed by atoms with Crippen LogP contribution in [0.25, 0.3) is 0 Å². The van der Waals surface area contributed by atoms with Gasteiger partial charge in [-0.15, -0.1) is 11.3 Å². The number of allylic oxidation sites excluding steroid dienone is 2. The van der Waals surface area contributed by atoms with Crippen molar-refractivity contribution in [2.24, 2.45) is 11.3 Å². The van der Waals surface area contributed by atoms with Crippen LogP contribution in [-0.4, -0.2) is 46.2 Å². The van der Waals surface area contributed by atoms with Crippen molar-refractivity contribution in [2.75, 3.05) is 19.6 Å². The number of aryl methyl sites for hydroxylation is 1. The molecule has 3 heterocycles. The molecule has 1 atom stereocenters. The minimum Gasteiger partial charge on any atom is -0.341 e. The van der Waals surface area contributed by atoms with E-state index in [-0.39, 0.29) is 23.1 Å². The number of hydrogen-bond acceptors (Lipinski definition) is 4. The third-order valence-electron chi connectivity index (χ3n) is 5.64. The van der Waals surface area contributed by atoms with Crippen LogP contribution in [-0.2, 0) is 16.1 Å².